The van der Waals surface area contributed by atoms with Gasteiger partial charge < -0.3 is 5.11 Å². The van der Waals surface area contributed by atoms with Crippen molar-refractivity contribution in [3.05, 3.63) is 15.5 Å². The maximum Gasteiger partial charge on any atom is 0.183 e. The third-order valence-corrected chi connectivity index (χ3v) is 3.96. The first-order chi connectivity index (χ1) is 7.29. The van der Waals surface area contributed by atoms with E-state index in [-0.39, 0.29) is 6.61 Å². The molecule has 2 rings (SSSR count). The number of aromatic nitrogens is 1. The summed E-state index contributed by atoms with van der Waals surface area (Å²) in [5, 5.41) is 9.01. The van der Waals surface area contributed by atoms with Gasteiger partial charge in [-0.25, -0.2) is 4.98 Å². The summed E-state index contributed by atoms with van der Waals surface area (Å²) in [7, 11) is 0. The van der Waals surface area contributed by atoms with E-state index >= 15 is 0 Å². The van der Waals surface area contributed by atoms with E-state index in [1.54, 1.807) is 0 Å². The van der Waals surface area contributed by atoms with Gasteiger partial charge in [-0.1, -0.05) is 18.0 Å². The summed E-state index contributed by atoms with van der Waals surface area (Å²) in [6.07, 6.45) is 5.66. The number of halogens is 1. The van der Waals surface area contributed by atoms with Gasteiger partial charge in [0.25, 0.3) is 0 Å². The number of hydrogen-bond acceptors (Lipinski definition) is 4. The number of rotatable bonds is 5. The fourth-order valence-electron chi connectivity index (χ4n) is 1.83. The average molecular weight is 247 g/mol. The molecule has 3 nitrogen and oxygen atoms in total. The van der Waals surface area contributed by atoms with Crippen molar-refractivity contribution in [2.75, 3.05) is 13.2 Å². The Kier molecular flexibility index (Phi) is 3.97. The van der Waals surface area contributed by atoms with Crippen molar-refractivity contribution in [2.45, 2.75) is 31.8 Å². The summed E-state index contributed by atoms with van der Waals surface area (Å²) in [4.78, 5) is 7.54. The zero-order valence-electron chi connectivity index (χ0n) is 8.53. The molecule has 0 spiro atoms. The summed E-state index contributed by atoms with van der Waals surface area (Å²) < 4.78 is 0.600. The minimum atomic E-state index is 0.225. The molecule has 0 aliphatic heterocycles. The van der Waals surface area contributed by atoms with Crippen molar-refractivity contribution in [3.8, 4) is 0 Å². The van der Waals surface area contributed by atoms with Gasteiger partial charge in [0.15, 0.2) is 4.47 Å². The van der Waals surface area contributed by atoms with Gasteiger partial charge >= 0.3 is 0 Å². The van der Waals surface area contributed by atoms with Crippen LogP contribution in [-0.2, 0) is 6.54 Å². The van der Waals surface area contributed by atoms with Gasteiger partial charge in [0, 0.05) is 30.2 Å². The van der Waals surface area contributed by atoms with Crippen LogP contribution in [0.3, 0.4) is 0 Å². The average Bonchev–Trinajstić information content (AvgIpc) is 2.48. The standard InChI is InChI=1S/C10H15ClN2OS/c11-10-12-6-9(15-10)7-13(4-5-14)8-2-1-3-8/h6,8,14H,1-5,7H2. The molecular weight excluding hydrogens is 232 g/mol. The molecule has 0 amide bonds. The van der Waals surface area contributed by atoms with Crippen LogP contribution in [0, 0.1) is 0 Å². The smallest absolute Gasteiger partial charge is 0.183 e. The molecule has 1 saturated carbocycles. The molecule has 0 atom stereocenters. The number of aliphatic hydroxyl groups is 1. The maximum atomic E-state index is 9.01. The highest BCUT2D eigenvalue weighted by Crippen LogP contribution is 2.27. The first kappa shape index (κ1) is 11.3. The number of hydrogen-bond donors (Lipinski definition) is 1. The van der Waals surface area contributed by atoms with Crippen molar-refractivity contribution in [3.63, 3.8) is 0 Å². The summed E-state index contributed by atoms with van der Waals surface area (Å²) in [6.45, 7) is 1.85. The monoisotopic (exact) mass is 246 g/mol. The van der Waals surface area contributed by atoms with Crippen LogP contribution >= 0.6 is 22.9 Å². The van der Waals surface area contributed by atoms with Crippen LogP contribution in [0.25, 0.3) is 0 Å². The van der Waals surface area contributed by atoms with E-state index in [0.717, 1.165) is 13.1 Å². The first-order valence-electron chi connectivity index (χ1n) is 5.24. The summed E-state index contributed by atoms with van der Waals surface area (Å²) in [5.41, 5.74) is 0. The third-order valence-electron chi connectivity index (χ3n) is 2.86. The van der Waals surface area contributed by atoms with E-state index in [2.05, 4.69) is 9.88 Å². The normalized spacial score (nSPS) is 17.0. The summed E-state index contributed by atoms with van der Waals surface area (Å²) >= 11 is 7.31. The molecule has 1 aliphatic carbocycles. The minimum Gasteiger partial charge on any atom is -0.395 e. The molecule has 1 aliphatic rings. The largest absolute Gasteiger partial charge is 0.395 e. The maximum absolute atomic E-state index is 9.01. The lowest BCUT2D eigenvalue weighted by atomic mass is 9.91. The molecule has 0 unspecified atom stereocenters. The van der Waals surface area contributed by atoms with E-state index < -0.39 is 0 Å². The molecule has 0 aromatic carbocycles. The van der Waals surface area contributed by atoms with Gasteiger partial charge in [-0.15, -0.1) is 11.3 Å². The van der Waals surface area contributed by atoms with Crippen molar-refractivity contribution in [2.24, 2.45) is 0 Å². The van der Waals surface area contributed by atoms with Gasteiger partial charge in [0.2, 0.25) is 0 Å². The molecule has 5 heteroatoms. The van der Waals surface area contributed by atoms with E-state index in [4.69, 9.17) is 16.7 Å². The van der Waals surface area contributed by atoms with Crippen LogP contribution in [0.1, 0.15) is 24.1 Å². The molecule has 1 heterocycles. The van der Waals surface area contributed by atoms with Gasteiger partial charge in [-0.3, -0.25) is 4.90 Å². The summed E-state index contributed by atoms with van der Waals surface area (Å²) in [6, 6.07) is 0.651. The number of aliphatic hydroxyl groups excluding tert-OH is 1. The van der Waals surface area contributed by atoms with Gasteiger partial charge in [-0.2, -0.15) is 0 Å². The van der Waals surface area contributed by atoms with Crippen LogP contribution in [-0.4, -0.2) is 34.2 Å². The second-order valence-corrected chi connectivity index (χ2v) is 5.56. The van der Waals surface area contributed by atoms with E-state index in [9.17, 15) is 0 Å². The second kappa shape index (κ2) is 5.25. The fraction of sp³-hybridized carbons (Fsp3) is 0.700. The Hall–Kier alpha value is -0.160. The molecule has 1 N–H and O–H groups in total. The zero-order valence-corrected chi connectivity index (χ0v) is 10.1. The molecule has 1 aromatic heterocycles. The minimum absolute atomic E-state index is 0.225. The SMILES string of the molecule is OCCN(Cc1cnc(Cl)s1)C1CCC1. The van der Waals surface area contributed by atoms with Crippen molar-refractivity contribution in [1.29, 1.82) is 0 Å². The molecule has 1 fully saturated rings. The Labute approximate surface area is 98.7 Å². The third kappa shape index (κ3) is 2.91. The highest BCUT2D eigenvalue weighted by atomic mass is 35.5. The lowest BCUT2D eigenvalue weighted by Crippen LogP contribution is -2.41. The molecule has 0 saturated heterocycles. The van der Waals surface area contributed by atoms with Crippen molar-refractivity contribution < 1.29 is 5.11 Å². The lowest BCUT2D eigenvalue weighted by Gasteiger charge is -2.36. The molecule has 15 heavy (non-hydrogen) atoms. The Balaban J connectivity index is 1.93. The molecular formula is C10H15ClN2OS. The summed E-state index contributed by atoms with van der Waals surface area (Å²) in [5.74, 6) is 0. The van der Waals surface area contributed by atoms with Crippen LogP contribution in [0.15, 0.2) is 6.20 Å². The van der Waals surface area contributed by atoms with Gasteiger partial charge in [0.05, 0.1) is 6.61 Å². The predicted molar refractivity (Wildman–Crippen MR) is 62.3 cm³/mol. The highest BCUT2D eigenvalue weighted by Gasteiger charge is 2.24. The van der Waals surface area contributed by atoms with Crippen molar-refractivity contribution >= 4 is 22.9 Å². The first-order valence-corrected chi connectivity index (χ1v) is 6.44. The van der Waals surface area contributed by atoms with Gasteiger partial charge in [-0.05, 0) is 12.8 Å². The molecule has 1 aromatic rings. The second-order valence-electron chi connectivity index (χ2n) is 3.86. The molecule has 0 bridgehead atoms. The van der Waals surface area contributed by atoms with Gasteiger partial charge in [0.1, 0.15) is 0 Å². The van der Waals surface area contributed by atoms with Crippen LogP contribution < -0.4 is 0 Å². The zero-order chi connectivity index (χ0) is 10.7. The van der Waals surface area contributed by atoms with E-state index in [1.807, 2.05) is 6.20 Å². The Bertz CT molecular complexity index is 314. The van der Waals surface area contributed by atoms with Crippen LogP contribution in [0.2, 0.25) is 4.47 Å². The molecule has 0 radical (unpaired) electrons. The Morgan fingerprint density at radius 3 is 2.87 bits per heavy atom. The Morgan fingerprint density at radius 2 is 2.40 bits per heavy atom. The lowest BCUT2D eigenvalue weighted by molar-refractivity contribution is 0.0955. The predicted octanol–water partition coefficient (Wildman–Crippen LogP) is 2.14. The topological polar surface area (TPSA) is 36.4 Å². The Morgan fingerprint density at radius 1 is 1.60 bits per heavy atom. The van der Waals surface area contributed by atoms with Crippen LogP contribution in [0.4, 0.5) is 0 Å². The van der Waals surface area contributed by atoms with Crippen molar-refractivity contribution in [1.82, 2.24) is 9.88 Å². The number of nitrogens with zero attached hydrogens (tertiary/aromatic N) is 2. The van der Waals surface area contributed by atoms with E-state index in [1.165, 1.54) is 35.5 Å². The highest BCUT2D eigenvalue weighted by molar-refractivity contribution is 7.15. The molecule has 84 valence electrons. The quantitative estimate of drug-likeness (QED) is 0.865. The number of thiazole rings is 1. The van der Waals surface area contributed by atoms with Crippen LogP contribution in [0.5, 0.6) is 0 Å². The van der Waals surface area contributed by atoms with E-state index in [0.29, 0.717) is 10.5 Å². The fourth-order valence-corrected chi connectivity index (χ4v) is 2.83.